The molecule has 3 heteroatoms. The molecule has 0 heterocycles. The molecule has 1 aromatic carbocycles. The van der Waals surface area contributed by atoms with E-state index in [1.54, 1.807) is 0 Å². The lowest BCUT2D eigenvalue weighted by molar-refractivity contribution is 0.0886. The van der Waals surface area contributed by atoms with Gasteiger partial charge >= 0.3 is 0 Å². The molecule has 2 unspecified atom stereocenters. The lowest BCUT2D eigenvalue weighted by Crippen LogP contribution is -2.30. The Balaban J connectivity index is 2.22. The Labute approximate surface area is 131 Å². The molecule has 0 amide bonds. The van der Waals surface area contributed by atoms with E-state index in [9.17, 15) is 0 Å². The summed E-state index contributed by atoms with van der Waals surface area (Å²) in [5.41, 5.74) is 2.48. The van der Waals surface area contributed by atoms with Crippen LogP contribution in [0.3, 0.4) is 0 Å². The van der Waals surface area contributed by atoms with Crippen molar-refractivity contribution in [2.24, 2.45) is 5.92 Å². The Morgan fingerprint density at radius 3 is 2.75 bits per heavy atom. The van der Waals surface area contributed by atoms with Crippen molar-refractivity contribution < 1.29 is 4.74 Å². The lowest BCUT2D eigenvalue weighted by atomic mass is 9.84. The van der Waals surface area contributed by atoms with E-state index in [2.05, 4.69) is 47.2 Å². The Kier molecular flexibility index (Phi) is 5.91. The van der Waals surface area contributed by atoms with Gasteiger partial charge in [-0.05, 0) is 63.3 Å². The quantitative estimate of drug-likeness (QED) is 0.829. The maximum Gasteiger partial charge on any atom is 0.127 e. The molecule has 1 aromatic rings. The van der Waals surface area contributed by atoms with Gasteiger partial charge in [-0.15, -0.1) is 0 Å². The average Bonchev–Trinajstić information content (AvgIpc) is 2.43. The first-order chi connectivity index (χ1) is 9.65. The molecule has 0 radical (unpaired) electrons. The van der Waals surface area contributed by atoms with Crippen molar-refractivity contribution in [3.63, 3.8) is 0 Å². The summed E-state index contributed by atoms with van der Waals surface area (Å²) in [7, 11) is 1.98. The zero-order valence-electron chi connectivity index (χ0n) is 12.8. The van der Waals surface area contributed by atoms with Crippen molar-refractivity contribution >= 4 is 15.9 Å². The third-order valence-corrected chi connectivity index (χ3v) is 4.77. The summed E-state index contributed by atoms with van der Waals surface area (Å²) in [6.45, 7) is 5.28. The number of aryl methyl sites for hydroxylation is 1. The van der Waals surface area contributed by atoms with Crippen LogP contribution in [0.5, 0.6) is 5.75 Å². The number of hydrogen-bond acceptors (Lipinski definition) is 2. The van der Waals surface area contributed by atoms with E-state index in [0.717, 1.165) is 16.8 Å². The summed E-state index contributed by atoms with van der Waals surface area (Å²) < 4.78 is 7.60. The van der Waals surface area contributed by atoms with Gasteiger partial charge in [0, 0.05) is 16.6 Å². The fourth-order valence-electron chi connectivity index (χ4n) is 3.24. The zero-order valence-corrected chi connectivity index (χ0v) is 14.4. The van der Waals surface area contributed by atoms with E-state index in [1.165, 1.54) is 43.2 Å². The van der Waals surface area contributed by atoms with E-state index >= 15 is 0 Å². The number of benzene rings is 1. The molecule has 2 nitrogen and oxygen atoms in total. The molecule has 1 aliphatic rings. The van der Waals surface area contributed by atoms with Gasteiger partial charge in [-0.1, -0.05) is 29.3 Å². The lowest BCUT2D eigenvalue weighted by Gasteiger charge is -2.32. The normalized spacial score (nSPS) is 22.8. The summed E-state index contributed by atoms with van der Waals surface area (Å²) in [5, 5.41) is 3.24. The van der Waals surface area contributed by atoms with Crippen molar-refractivity contribution in [3.8, 4) is 5.75 Å². The van der Waals surface area contributed by atoms with Crippen LogP contribution in [0.2, 0.25) is 0 Å². The van der Waals surface area contributed by atoms with E-state index in [-0.39, 0.29) is 0 Å². The largest absolute Gasteiger partial charge is 0.490 e. The molecule has 1 aliphatic carbocycles. The predicted octanol–water partition coefficient (Wildman–Crippen LogP) is 4.82. The number of halogens is 1. The smallest absolute Gasteiger partial charge is 0.127 e. The second kappa shape index (κ2) is 7.46. The van der Waals surface area contributed by atoms with Crippen molar-refractivity contribution in [2.75, 3.05) is 7.05 Å². The van der Waals surface area contributed by atoms with Crippen molar-refractivity contribution in [1.82, 2.24) is 5.32 Å². The Morgan fingerprint density at radius 2 is 2.05 bits per heavy atom. The molecule has 1 N–H and O–H groups in total. The Hall–Kier alpha value is -0.540. The van der Waals surface area contributed by atoms with Gasteiger partial charge in [0.1, 0.15) is 11.9 Å². The molecule has 1 saturated carbocycles. The monoisotopic (exact) mass is 339 g/mol. The molecule has 20 heavy (non-hydrogen) atoms. The number of rotatable bonds is 5. The van der Waals surface area contributed by atoms with Crippen molar-refractivity contribution in [2.45, 2.75) is 58.6 Å². The second-order valence-corrected chi connectivity index (χ2v) is 6.77. The molecule has 2 rings (SSSR count). The highest BCUT2D eigenvalue weighted by Gasteiger charge is 2.26. The Morgan fingerprint density at radius 1 is 1.30 bits per heavy atom. The first-order valence-corrected chi connectivity index (χ1v) is 8.55. The predicted molar refractivity (Wildman–Crippen MR) is 88.3 cm³/mol. The van der Waals surface area contributed by atoms with Gasteiger partial charge in [0.25, 0.3) is 0 Å². The summed E-state index contributed by atoms with van der Waals surface area (Å²) in [6.07, 6.45) is 6.80. The molecular formula is C17H26BrNO. The molecule has 1 fully saturated rings. The van der Waals surface area contributed by atoms with Crippen LogP contribution >= 0.6 is 15.9 Å². The molecule has 0 spiro atoms. The van der Waals surface area contributed by atoms with Gasteiger partial charge in [-0.3, -0.25) is 0 Å². The van der Waals surface area contributed by atoms with Crippen LogP contribution in [0, 0.1) is 12.8 Å². The van der Waals surface area contributed by atoms with E-state index in [0.29, 0.717) is 12.0 Å². The number of hydrogen-bond donors (Lipinski definition) is 1. The first-order valence-electron chi connectivity index (χ1n) is 7.76. The van der Waals surface area contributed by atoms with E-state index in [4.69, 9.17) is 4.74 Å². The second-order valence-electron chi connectivity index (χ2n) is 5.85. The van der Waals surface area contributed by atoms with Crippen LogP contribution in [0.1, 0.15) is 50.2 Å². The van der Waals surface area contributed by atoms with Gasteiger partial charge in [0.05, 0.1) is 0 Å². The standard InChI is InChI=1S/C17H26BrNO/c1-4-13-7-5-6-8-16(13)20-17-12(2)9-15(18)10-14(17)11-19-3/h9-10,13,16,19H,4-8,11H2,1-3H3. The molecule has 112 valence electrons. The van der Waals surface area contributed by atoms with Gasteiger partial charge in [-0.25, -0.2) is 0 Å². The van der Waals surface area contributed by atoms with Crippen LogP contribution in [-0.4, -0.2) is 13.2 Å². The topological polar surface area (TPSA) is 21.3 Å². The SMILES string of the molecule is CCC1CCCCC1Oc1c(C)cc(Br)cc1CNC. The highest BCUT2D eigenvalue weighted by Crippen LogP contribution is 2.34. The third kappa shape index (κ3) is 3.76. The highest BCUT2D eigenvalue weighted by atomic mass is 79.9. The van der Waals surface area contributed by atoms with Gasteiger partial charge < -0.3 is 10.1 Å². The minimum Gasteiger partial charge on any atom is -0.490 e. The summed E-state index contributed by atoms with van der Waals surface area (Å²) >= 11 is 3.58. The van der Waals surface area contributed by atoms with Crippen LogP contribution in [-0.2, 0) is 6.54 Å². The minimum atomic E-state index is 0.393. The van der Waals surface area contributed by atoms with Crippen LogP contribution in [0.25, 0.3) is 0 Å². The first kappa shape index (κ1) is 15.8. The van der Waals surface area contributed by atoms with E-state index in [1.807, 2.05) is 7.05 Å². The van der Waals surface area contributed by atoms with Gasteiger partial charge in [0.2, 0.25) is 0 Å². The van der Waals surface area contributed by atoms with Gasteiger partial charge in [-0.2, -0.15) is 0 Å². The van der Waals surface area contributed by atoms with E-state index < -0.39 is 0 Å². The number of ether oxygens (including phenoxy) is 1. The molecular weight excluding hydrogens is 314 g/mol. The molecule has 0 aliphatic heterocycles. The average molecular weight is 340 g/mol. The summed E-state index contributed by atoms with van der Waals surface area (Å²) in [6, 6.07) is 4.32. The summed E-state index contributed by atoms with van der Waals surface area (Å²) in [4.78, 5) is 0. The fraction of sp³-hybridized carbons (Fsp3) is 0.647. The van der Waals surface area contributed by atoms with Gasteiger partial charge in [0.15, 0.2) is 0 Å². The molecule has 0 bridgehead atoms. The maximum absolute atomic E-state index is 6.47. The third-order valence-electron chi connectivity index (χ3n) is 4.32. The molecule has 2 atom stereocenters. The van der Waals surface area contributed by atoms with Crippen molar-refractivity contribution in [3.05, 3.63) is 27.7 Å². The van der Waals surface area contributed by atoms with Crippen LogP contribution in [0.15, 0.2) is 16.6 Å². The van der Waals surface area contributed by atoms with Crippen molar-refractivity contribution in [1.29, 1.82) is 0 Å². The molecule has 0 saturated heterocycles. The fourth-order valence-corrected chi connectivity index (χ4v) is 3.86. The molecule has 0 aromatic heterocycles. The van der Waals surface area contributed by atoms with Crippen LogP contribution in [0.4, 0.5) is 0 Å². The minimum absolute atomic E-state index is 0.393. The zero-order chi connectivity index (χ0) is 14.5. The maximum atomic E-state index is 6.47. The summed E-state index contributed by atoms with van der Waals surface area (Å²) in [5.74, 6) is 1.81. The van der Waals surface area contributed by atoms with Crippen LogP contribution < -0.4 is 10.1 Å². The Bertz CT molecular complexity index is 447. The highest BCUT2D eigenvalue weighted by molar-refractivity contribution is 9.10. The number of nitrogens with one attached hydrogen (secondary N) is 1.